The minimum atomic E-state index is -1.91. The van der Waals surface area contributed by atoms with Crippen LogP contribution in [0.1, 0.15) is 11.1 Å². The van der Waals surface area contributed by atoms with Crippen LogP contribution in [0.5, 0.6) is 0 Å². The molecule has 138 valence electrons. The van der Waals surface area contributed by atoms with Gasteiger partial charge in [-0.1, -0.05) is 64.1 Å². The molecule has 1 heterocycles. The van der Waals surface area contributed by atoms with Crippen LogP contribution in [0.3, 0.4) is 0 Å². The summed E-state index contributed by atoms with van der Waals surface area (Å²) in [7, 11) is 0. The monoisotopic (exact) mass is 471 g/mol. The van der Waals surface area contributed by atoms with Crippen LogP contribution in [0, 0.1) is 25.7 Å². The normalized spacial score (nSPS) is 37.8. The van der Waals surface area contributed by atoms with Crippen LogP contribution < -0.4 is 4.90 Å². The van der Waals surface area contributed by atoms with Gasteiger partial charge < -0.3 is 0 Å². The number of hydrogen-bond donors (Lipinski definition) is 0. The second kappa shape index (κ2) is 5.46. The maximum absolute atomic E-state index is 13.2. The van der Waals surface area contributed by atoms with Crippen LogP contribution in [-0.4, -0.2) is 25.9 Å². The second-order valence-corrected chi connectivity index (χ2v) is 10.2. The Kier molecular flexibility index (Phi) is 4.03. The van der Waals surface area contributed by atoms with Gasteiger partial charge in [0.1, 0.15) is 9.75 Å². The lowest BCUT2D eigenvalue weighted by Gasteiger charge is -2.34. The van der Waals surface area contributed by atoms with E-state index in [9.17, 15) is 9.59 Å². The number of carbonyl (C=O) groups excluding carboxylic acids is 2. The van der Waals surface area contributed by atoms with Gasteiger partial charge in [0.2, 0.25) is 11.8 Å². The van der Waals surface area contributed by atoms with Crippen molar-refractivity contribution in [2.45, 2.75) is 27.9 Å². The molecule has 3 nitrogen and oxygen atoms in total. The molecule has 2 bridgehead atoms. The number of aryl methyl sites for hydroxylation is 2. The SMILES string of the molecule is Cc1ccc(N2C(=O)[C@@H]3[C@H](C2=O)[C@@]2(Cl)C(Cl)=C(Cl)[C@@]3(Cl)C2(Cl)Cl)c(C)c1. The van der Waals surface area contributed by atoms with E-state index >= 15 is 0 Å². The molecule has 0 radical (unpaired) electrons. The number of halogens is 6. The van der Waals surface area contributed by atoms with Gasteiger partial charge in [0.05, 0.1) is 27.6 Å². The van der Waals surface area contributed by atoms with Crippen LogP contribution in [-0.2, 0) is 9.59 Å². The van der Waals surface area contributed by atoms with Gasteiger partial charge in [-0.2, -0.15) is 0 Å². The molecular formula is C17H11Cl6NO2. The number of anilines is 1. The third-order valence-electron chi connectivity index (χ3n) is 5.50. The summed E-state index contributed by atoms with van der Waals surface area (Å²) in [6, 6.07) is 5.39. The van der Waals surface area contributed by atoms with Crippen molar-refractivity contribution in [1.29, 1.82) is 0 Å². The predicted octanol–water partition coefficient (Wildman–Crippen LogP) is 5.25. The minimum absolute atomic E-state index is 0.0919. The highest BCUT2D eigenvalue weighted by atomic mass is 35.5. The van der Waals surface area contributed by atoms with Gasteiger partial charge >= 0.3 is 0 Å². The van der Waals surface area contributed by atoms with Crippen molar-refractivity contribution in [1.82, 2.24) is 0 Å². The average molecular weight is 474 g/mol. The zero-order valence-electron chi connectivity index (χ0n) is 13.4. The lowest BCUT2D eigenvalue weighted by atomic mass is 9.84. The molecule has 0 N–H and O–H groups in total. The Hall–Kier alpha value is -0.160. The van der Waals surface area contributed by atoms with E-state index in [1.54, 1.807) is 6.07 Å². The molecule has 0 aromatic heterocycles. The van der Waals surface area contributed by atoms with Crippen molar-refractivity contribution in [3.63, 3.8) is 0 Å². The number of benzene rings is 1. The molecule has 2 aliphatic carbocycles. The summed E-state index contributed by atoms with van der Waals surface area (Å²) in [6.07, 6.45) is 0. The summed E-state index contributed by atoms with van der Waals surface area (Å²) in [5, 5.41) is -0.184. The van der Waals surface area contributed by atoms with Crippen LogP contribution in [0.2, 0.25) is 0 Å². The lowest BCUT2D eigenvalue weighted by Crippen LogP contribution is -2.50. The summed E-state index contributed by atoms with van der Waals surface area (Å²) < 4.78 is -1.91. The number of carbonyl (C=O) groups is 2. The molecule has 1 aromatic rings. The maximum Gasteiger partial charge on any atom is 0.240 e. The fourth-order valence-electron chi connectivity index (χ4n) is 4.29. The number of imide groups is 1. The highest BCUT2D eigenvalue weighted by Crippen LogP contribution is 2.77. The van der Waals surface area contributed by atoms with E-state index in [1.165, 1.54) is 0 Å². The summed E-state index contributed by atoms with van der Waals surface area (Å²) in [4.78, 5) is 24.0. The number of nitrogens with zero attached hydrogens (tertiary/aromatic N) is 1. The quantitative estimate of drug-likeness (QED) is 0.412. The van der Waals surface area contributed by atoms with E-state index in [1.807, 2.05) is 26.0 Å². The number of fused-ring (bicyclic) bond motifs is 5. The fourth-order valence-corrected chi connectivity index (χ4v) is 7.22. The van der Waals surface area contributed by atoms with Crippen molar-refractivity contribution in [3.8, 4) is 0 Å². The van der Waals surface area contributed by atoms with Crippen LogP contribution >= 0.6 is 69.6 Å². The molecular weight excluding hydrogens is 463 g/mol. The van der Waals surface area contributed by atoms with Crippen LogP contribution in [0.4, 0.5) is 5.69 Å². The van der Waals surface area contributed by atoms with Gasteiger partial charge in [-0.25, -0.2) is 4.90 Å². The van der Waals surface area contributed by atoms with Gasteiger partial charge in [0, 0.05) is 0 Å². The molecule has 1 saturated heterocycles. The molecule has 2 amide bonds. The first kappa shape index (κ1) is 19.2. The van der Waals surface area contributed by atoms with E-state index in [-0.39, 0.29) is 10.1 Å². The van der Waals surface area contributed by atoms with Crippen LogP contribution in [0.25, 0.3) is 0 Å². The molecule has 2 fully saturated rings. The zero-order valence-corrected chi connectivity index (χ0v) is 18.0. The molecule has 1 aromatic carbocycles. The third-order valence-corrected chi connectivity index (χ3v) is 9.76. The van der Waals surface area contributed by atoms with Gasteiger partial charge in [0.15, 0.2) is 4.33 Å². The molecule has 0 spiro atoms. The maximum atomic E-state index is 13.2. The second-order valence-electron chi connectivity index (χ2n) is 6.88. The van der Waals surface area contributed by atoms with E-state index in [0.717, 1.165) is 16.0 Å². The molecule has 26 heavy (non-hydrogen) atoms. The first-order chi connectivity index (χ1) is 11.9. The van der Waals surface area contributed by atoms with Gasteiger partial charge in [0.25, 0.3) is 0 Å². The zero-order chi connectivity index (χ0) is 19.4. The van der Waals surface area contributed by atoms with Gasteiger partial charge in [-0.3, -0.25) is 9.59 Å². The molecule has 1 aliphatic heterocycles. The van der Waals surface area contributed by atoms with Crippen molar-refractivity contribution < 1.29 is 9.59 Å². The van der Waals surface area contributed by atoms with Crippen molar-refractivity contribution in [2.24, 2.45) is 11.8 Å². The molecule has 4 rings (SSSR count). The molecule has 3 aliphatic rings. The lowest BCUT2D eigenvalue weighted by molar-refractivity contribution is -0.123. The Labute approximate surface area is 180 Å². The average Bonchev–Trinajstić information content (AvgIpc) is 2.93. The number of amides is 2. The Balaban J connectivity index is 1.92. The molecule has 1 saturated carbocycles. The first-order valence-electron chi connectivity index (χ1n) is 7.69. The van der Waals surface area contributed by atoms with Gasteiger partial charge in [-0.15, -0.1) is 23.2 Å². The van der Waals surface area contributed by atoms with Crippen LogP contribution in [0.15, 0.2) is 28.3 Å². The van der Waals surface area contributed by atoms with E-state index < -0.39 is 37.7 Å². The Morgan fingerprint density at radius 3 is 1.77 bits per heavy atom. The van der Waals surface area contributed by atoms with E-state index in [0.29, 0.717) is 5.69 Å². The van der Waals surface area contributed by atoms with Gasteiger partial charge in [-0.05, 0) is 25.5 Å². The largest absolute Gasteiger partial charge is 0.274 e. The highest BCUT2D eigenvalue weighted by molar-refractivity contribution is 6.67. The summed E-state index contributed by atoms with van der Waals surface area (Å²) in [5.41, 5.74) is 2.22. The standard InChI is InChI=1S/C17H11Cl6NO2/c1-6-3-4-8(7(2)5-6)24-13(25)9-10(14(24)26)16(21)12(19)11(18)15(9,20)17(16,22)23/h3-5,9-10H,1-2H3/t9-,10+,15-,16-/m1/s1. The topological polar surface area (TPSA) is 37.4 Å². The predicted molar refractivity (Wildman–Crippen MR) is 106 cm³/mol. The Bertz CT molecular complexity index is 882. The first-order valence-corrected chi connectivity index (χ1v) is 9.96. The summed E-state index contributed by atoms with van der Waals surface area (Å²) in [6.45, 7) is 3.73. The highest BCUT2D eigenvalue weighted by Gasteiger charge is 2.87. The molecule has 9 heteroatoms. The molecule has 0 unspecified atom stereocenters. The third kappa shape index (κ3) is 1.81. The number of rotatable bonds is 1. The van der Waals surface area contributed by atoms with Crippen molar-refractivity contribution >= 4 is 87.1 Å². The summed E-state index contributed by atoms with van der Waals surface area (Å²) in [5.74, 6) is -3.31. The minimum Gasteiger partial charge on any atom is -0.274 e. The van der Waals surface area contributed by atoms with E-state index in [2.05, 4.69) is 0 Å². The number of allylic oxidation sites excluding steroid dienone is 2. The molecule has 4 atom stereocenters. The Morgan fingerprint density at radius 1 is 0.885 bits per heavy atom. The van der Waals surface area contributed by atoms with Crippen molar-refractivity contribution in [2.75, 3.05) is 4.90 Å². The number of alkyl halides is 4. The van der Waals surface area contributed by atoms with Crippen molar-refractivity contribution in [3.05, 3.63) is 39.4 Å². The Morgan fingerprint density at radius 2 is 1.35 bits per heavy atom. The smallest absolute Gasteiger partial charge is 0.240 e. The van der Waals surface area contributed by atoms with E-state index in [4.69, 9.17) is 69.6 Å². The number of hydrogen-bond acceptors (Lipinski definition) is 2. The fraction of sp³-hybridized carbons (Fsp3) is 0.412. The summed E-state index contributed by atoms with van der Waals surface area (Å²) >= 11 is 38.8.